The number of hydrogen-bond donors (Lipinski definition) is 1. The molecule has 114 valence electrons. The van der Waals surface area contributed by atoms with Gasteiger partial charge in [0.1, 0.15) is 0 Å². The Bertz CT molecular complexity index is 876. The number of halogens is 1. The third-order valence-corrected chi connectivity index (χ3v) is 3.24. The number of hydrogen-bond acceptors (Lipinski definition) is 6. The number of carbonyl (C=O) groups excluding carboxylic acids is 1. The van der Waals surface area contributed by atoms with E-state index >= 15 is 0 Å². The second kappa shape index (κ2) is 7.93. The van der Waals surface area contributed by atoms with E-state index < -0.39 is 5.97 Å². The number of carboxylic acid groups (broad SMARTS) is 1. The number of anilines is 2. The van der Waals surface area contributed by atoms with Gasteiger partial charge in [0.15, 0.2) is 0 Å². The Morgan fingerprint density at radius 2 is 1.88 bits per heavy atom. The second-order valence-electron chi connectivity index (χ2n) is 4.62. The number of pyridine rings is 1. The number of rotatable bonds is 4. The number of aromatic carboxylic acids is 1. The van der Waals surface area contributed by atoms with Crippen LogP contribution in [0, 0.1) is 0 Å². The molecule has 0 aliphatic carbocycles. The van der Waals surface area contributed by atoms with Crippen molar-refractivity contribution in [2.75, 3.05) is 5.32 Å². The molecule has 0 fully saturated rings. The number of carbonyl (C=O) groups is 1. The largest absolute Gasteiger partial charge is 1.00 e. The van der Waals surface area contributed by atoms with Crippen LogP contribution in [-0.4, -0.2) is 20.9 Å². The molecule has 6 nitrogen and oxygen atoms in total. The van der Waals surface area contributed by atoms with Crippen LogP contribution in [0.2, 0.25) is 5.02 Å². The van der Waals surface area contributed by atoms with Crippen LogP contribution in [-0.2, 0) is 0 Å². The number of aromatic nitrogens is 3. The van der Waals surface area contributed by atoms with Gasteiger partial charge in [0, 0.05) is 28.7 Å². The molecule has 0 amide bonds. The topological polar surface area (TPSA) is 90.8 Å². The Balaban J connectivity index is 0.00000208. The molecule has 0 spiro atoms. The fourth-order valence-electron chi connectivity index (χ4n) is 1.98. The van der Waals surface area contributed by atoms with Gasteiger partial charge in [0.25, 0.3) is 0 Å². The van der Waals surface area contributed by atoms with Crippen molar-refractivity contribution in [3.05, 3.63) is 65.6 Å². The molecule has 0 aliphatic rings. The predicted molar refractivity (Wildman–Crippen MR) is 84.3 cm³/mol. The first-order valence-electron chi connectivity index (χ1n) is 6.65. The molecule has 0 unspecified atom stereocenters. The Labute approximate surface area is 155 Å². The molecule has 0 atom stereocenters. The maximum absolute atomic E-state index is 10.9. The van der Waals surface area contributed by atoms with Crippen molar-refractivity contribution in [2.45, 2.75) is 0 Å². The summed E-state index contributed by atoms with van der Waals surface area (Å²) in [6.45, 7) is 0. The fourth-order valence-corrected chi connectivity index (χ4v) is 2.17. The third-order valence-electron chi connectivity index (χ3n) is 3.00. The second-order valence-corrected chi connectivity index (χ2v) is 5.05. The van der Waals surface area contributed by atoms with Crippen molar-refractivity contribution in [2.24, 2.45) is 0 Å². The van der Waals surface area contributed by atoms with E-state index in [1.165, 1.54) is 12.3 Å². The van der Waals surface area contributed by atoms with E-state index in [0.29, 0.717) is 22.2 Å². The van der Waals surface area contributed by atoms with Gasteiger partial charge in [-0.3, -0.25) is 4.98 Å². The van der Waals surface area contributed by atoms with Crippen molar-refractivity contribution in [3.63, 3.8) is 0 Å². The Morgan fingerprint density at radius 1 is 1.08 bits per heavy atom. The average Bonchev–Trinajstić information content (AvgIpc) is 2.55. The first kappa shape index (κ1) is 18.0. The standard InChI is InChI=1S/C16H11ClN4O2.Li/c17-11-2-1-3-12(9-11)20-16-19-7-5-13(21-16)10-4-6-18-14(8-10)15(22)23;/h1-9H,(H,22,23)(H,19,20,21);/q;+1/p-1. The van der Waals surface area contributed by atoms with Gasteiger partial charge in [0.05, 0.1) is 17.4 Å². The maximum atomic E-state index is 10.9. The van der Waals surface area contributed by atoms with Crippen LogP contribution in [0.3, 0.4) is 0 Å². The van der Waals surface area contributed by atoms with Gasteiger partial charge >= 0.3 is 18.9 Å². The van der Waals surface area contributed by atoms with E-state index in [1.54, 1.807) is 30.5 Å². The maximum Gasteiger partial charge on any atom is 1.00 e. The number of nitrogens with zero attached hydrogens (tertiary/aromatic N) is 3. The predicted octanol–water partition coefficient (Wildman–Crippen LogP) is -0.697. The van der Waals surface area contributed by atoms with Crippen molar-refractivity contribution in [1.29, 1.82) is 0 Å². The zero-order chi connectivity index (χ0) is 16.2. The van der Waals surface area contributed by atoms with Gasteiger partial charge in [0.2, 0.25) is 5.95 Å². The molecular weight excluding hydrogens is 323 g/mol. The summed E-state index contributed by atoms with van der Waals surface area (Å²) < 4.78 is 0. The molecular formula is C16H10ClLiN4O2. The van der Waals surface area contributed by atoms with E-state index in [-0.39, 0.29) is 24.6 Å². The number of carboxylic acids is 1. The smallest absolute Gasteiger partial charge is 0.543 e. The molecule has 2 aromatic heterocycles. The number of benzene rings is 1. The van der Waals surface area contributed by atoms with Crippen LogP contribution in [0.25, 0.3) is 11.3 Å². The van der Waals surface area contributed by atoms with Crippen LogP contribution in [0.4, 0.5) is 11.6 Å². The van der Waals surface area contributed by atoms with Crippen molar-refractivity contribution < 1.29 is 28.8 Å². The van der Waals surface area contributed by atoms with Gasteiger partial charge in [-0.15, -0.1) is 0 Å². The summed E-state index contributed by atoms with van der Waals surface area (Å²) in [5.74, 6) is -0.963. The minimum Gasteiger partial charge on any atom is -0.543 e. The monoisotopic (exact) mass is 332 g/mol. The van der Waals surface area contributed by atoms with Crippen LogP contribution in [0.5, 0.6) is 0 Å². The van der Waals surface area contributed by atoms with Crippen molar-refractivity contribution in [1.82, 2.24) is 15.0 Å². The number of nitrogens with one attached hydrogen (secondary N) is 1. The minimum absolute atomic E-state index is 0. The molecule has 0 saturated heterocycles. The first-order chi connectivity index (χ1) is 11.1. The first-order valence-corrected chi connectivity index (χ1v) is 7.03. The van der Waals surface area contributed by atoms with Gasteiger partial charge < -0.3 is 15.2 Å². The molecule has 0 aliphatic heterocycles. The van der Waals surface area contributed by atoms with E-state index in [9.17, 15) is 9.90 Å². The zero-order valence-electron chi connectivity index (χ0n) is 12.7. The zero-order valence-corrected chi connectivity index (χ0v) is 13.5. The Morgan fingerprint density at radius 3 is 2.62 bits per heavy atom. The van der Waals surface area contributed by atoms with Gasteiger partial charge in [-0.05, 0) is 36.4 Å². The summed E-state index contributed by atoms with van der Waals surface area (Å²) in [5, 5.41) is 14.5. The summed E-state index contributed by atoms with van der Waals surface area (Å²) in [6.07, 6.45) is 2.97. The molecule has 0 bridgehead atoms. The molecule has 1 aromatic carbocycles. The molecule has 3 aromatic rings. The third kappa shape index (κ3) is 4.33. The van der Waals surface area contributed by atoms with E-state index in [1.807, 2.05) is 12.1 Å². The molecule has 8 heteroatoms. The summed E-state index contributed by atoms with van der Waals surface area (Å²) in [7, 11) is 0. The summed E-state index contributed by atoms with van der Waals surface area (Å²) in [4.78, 5) is 23.1. The molecule has 1 N–H and O–H groups in total. The summed E-state index contributed by atoms with van der Waals surface area (Å²) in [5.41, 5.74) is 1.77. The molecule has 24 heavy (non-hydrogen) atoms. The SMILES string of the molecule is O=C([O-])c1cc(-c2ccnc(Nc3cccc(Cl)c3)n2)ccn1.[Li+]. The van der Waals surface area contributed by atoms with Crippen LogP contribution >= 0.6 is 11.6 Å². The van der Waals surface area contributed by atoms with E-state index in [0.717, 1.165) is 5.69 Å². The fraction of sp³-hybridized carbons (Fsp3) is 0. The van der Waals surface area contributed by atoms with Crippen LogP contribution in [0.1, 0.15) is 10.5 Å². The van der Waals surface area contributed by atoms with Crippen LogP contribution in [0.15, 0.2) is 54.9 Å². The normalized spacial score (nSPS) is 9.88. The van der Waals surface area contributed by atoms with Crippen molar-refractivity contribution >= 4 is 29.2 Å². The van der Waals surface area contributed by atoms with E-state index in [2.05, 4.69) is 20.3 Å². The molecule has 2 heterocycles. The summed E-state index contributed by atoms with van der Waals surface area (Å²) >= 11 is 5.94. The minimum atomic E-state index is -1.34. The van der Waals surface area contributed by atoms with Crippen LogP contribution < -0.4 is 29.3 Å². The Kier molecular flexibility index (Phi) is 5.93. The van der Waals surface area contributed by atoms with Gasteiger partial charge in [-0.1, -0.05) is 17.7 Å². The summed E-state index contributed by atoms with van der Waals surface area (Å²) in [6, 6.07) is 11.9. The molecule has 0 radical (unpaired) electrons. The quantitative estimate of drug-likeness (QED) is 0.636. The molecule has 3 rings (SSSR count). The Hall–Kier alpha value is -2.39. The molecule has 0 saturated carbocycles. The van der Waals surface area contributed by atoms with Crippen molar-refractivity contribution in [3.8, 4) is 11.3 Å². The average molecular weight is 333 g/mol. The van der Waals surface area contributed by atoms with E-state index in [4.69, 9.17) is 11.6 Å². The van der Waals surface area contributed by atoms with Gasteiger partial charge in [-0.2, -0.15) is 0 Å². The van der Waals surface area contributed by atoms with Gasteiger partial charge in [-0.25, -0.2) is 9.97 Å².